The van der Waals surface area contributed by atoms with Crippen LogP contribution in [0.4, 0.5) is 4.39 Å². The number of hydrogen-bond acceptors (Lipinski definition) is 2. The van der Waals surface area contributed by atoms with Crippen molar-refractivity contribution < 1.29 is 9.13 Å². The fourth-order valence-electron chi connectivity index (χ4n) is 2.25. The van der Waals surface area contributed by atoms with Crippen LogP contribution in [0.1, 0.15) is 12.0 Å². The van der Waals surface area contributed by atoms with Gasteiger partial charge in [0.15, 0.2) is 0 Å². The Morgan fingerprint density at radius 2 is 2.19 bits per heavy atom. The Hall–Kier alpha value is -0.930. The second kappa shape index (κ2) is 5.41. The molecule has 1 N–H and O–H groups in total. The first-order chi connectivity index (χ1) is 7.79. The van der Waals surface area contributed by atoms with E-state index in [0.29, 0.717) is 12.0 Å². The summed E-state index contributed by atoms with van der Waals surface area (Å²) in [5, 5.41) is 3.33. The molecule has 16 heavy (non-hydrogen) atoms. The zero-order valence-electron chi connectivity index (χ0n) is 9.58. The van der Waals surface area contributed by atoms with Crippen molar-refractivity contribution >= 4 is 0 Å². The summed E-state index contributed by atoms with van der Waals surface area (Å²) in [7, 11) is 1.98. The maximum Gasteiger partial charge on any atom is 0.123 e. The molecule has 0 spiro atoms. The highest BCUT2D eigenvalue weighted by molar-refractivity contribution is 5.17. The molecule has 0 saturated carbocycles. The molecule has 0 aliphatic carbocycles. The molecule has 1 aromatic rings. The maximum absolute atomic E-state index is 12.8. The number of rotatable bonds is 4. The Kier molecular flexibility index (Phi) is 3.91. The van der Waals surface area contributed by atoms with Gasteiger partial charge in [-0.1, -0.05) is 12.1 Å². The van der Waals surface area contributed by atoms with Crippen molar-refractivity contribution in [3.05, 3.63) is 35.6 Å². The van der Waals surface area contributed by atoms with Crippen molar-refractivity contribution in [1.82, 2.24) is 5.32 Å². The number of benzene rings is 1. The topological polar surface area (TPSA) is 21.3 Å². The molecule has 0 amide bonds. The van der Waals surface area contributed by atoms with Crippen LogP contribution in [0.15, 0.2) is 24.3 Å². The minimum atomic E-state index is -0.172. The number of nitrogens with one attached hydrogen (secondary N) is 1. The minimum absolute atomic E-state index is 0.172. The van der Waals surface area contributed by atoms with Gasteiger partial charge < -0.3 is 10.1 Å². The standard InChI is InChI=1S/C13H18FNO/c1-15-13(11-6-7-16-9-11)8-10-2-4-12(14)5-3-10/h2-5,11,13,15H,6-9H2,1H3. The van der Waals surface area contributed by atoms with Gasteiger partial charge in [0.1, 0.15) is 5.82 Å². The average molecular weight is 223 g/mol. The van der Waals surface area contributed by atoms with E-state index in [0.717, 1.165) is 26.1 Å². The molecule has 0 radical (unpaired) electrons. The molecule has 1 heterocycles. The third-order valence-corrected chi connectivity index (χ3v) is 3.27. The lowest BCUT2D eigenvalue weighted by molar-refractivity contribution is 0.177. The van der Waals surface area contributed by atoms with Gasteiger partial charge in [-0.25, -0.2) is 4.39 Å². The molecule has 2 nitrogen and oxygen atoms in total. The normalized spacial score (nSPS) is 22.2. The van der Waals surface area contributed by atoms with Gasteiger partial charge in [-0.05, 0) is 37.6 Å². The van der Waals surface area contributed by atoms with E-state index in [9.17, 15) is 4.39 Å². The van der Waals surface area contributed by atoms with Crippen LogP contribution in [0.3, 0.4) is 0 Å². The quantitative estimate of drug-likeness (QED) is 0.843. The van der Waals surface area contributed by atoms with Gasteiger partial charge in [-0.3, -0.25) is 0 Å². The van der Waals surface area contributed by atoms with E-state index in [1.807, 2.05) is 19.2 Å². The van der Waals surface area contributed by atoms with Crippen molar-refractivity contribution in [2.24, 2.45) is 5.92 Å². The number of halogens is 1. The molecule has 2 atom stereocenters. The molecule has 0 aromatic heterocycles. The van der Waals surface area contributed by atoms with E-state index in [1.165, 1.54) is 17.7 Å². The predicted octanol–water partition coefficient (Wildman–Crippen LogP) is 1.99. The van der Waals surface area contributed by atoms with E-state index >= 15 is 0 Å². The number of ether oxygens (including phenoxy) is 1. The zero-order valence-corrected chi connectivity index (χ0v) is 9.58. The van der Waals surface area contributed by atoms with Gasteiger partial charge in [0, 0.05) is 18.6 Å². The van der Waals surface area contributed by atoms with Crippen molar-refractivity contribution in [2.75, 3.05) is 20.3 Å². The van der Waals surface area contributed by atoms with Crippen molar-refractivity contribution in [3.8, 4) is 0 Å². The van der Waals surface area contributed by atoms with Gasteiger partial charge in [0.05, 0.1) is 6.61 Å². The molecule has 1 saturated heterocycles. The van der Waals surface area contributed by atoms with E-state index < -0.39 is 0 Å². The third-order valence-electron chi connectivity index (χ3n) is 3.27. The first-order valence-electron chi connectivity index (χ1n) is 5.79. The van der Waals surface area contributed by atoms with E-state index in [2.05, 4.69) is 5.32 Å². The van der Waals surface area contributed by atoms with Crippen LogP contribution in [0.2, 0.25) is 0 Å². The smallest absolute Gasteiger partial charge is 0.123 e. The largest absolute Gasteiger partial charge is 0.381 e. The number of hydrogen-bond donors (Lipinski definition) is 1. The van der Waals surface area contributed by atoms with Crippen LogP contribution >= 0.6 is 0 Å². The Balaban J connectivity index is 1.97. The highest BCUT2D eigenvalue weighted by atomic mass is 19.1. The summed E-state index contributed by atoms with van der Waals surface area (Å²) < 4.78 is 18.2. The highest BCUT2D eigenvalue weighted by Crippen LogP contribution is 2.19. The molecular weight excluding hydrogens is 205 g/mol. The van der Waals surface area contributed by atoms with Crippen LogP contribution in [0.25, 0.3) is 0 Å². The third kappa shape index (κ3) is 2.80. The Morgan fingerprint density at radius 3 is 2.75 bits per heavy atom. The minimum Gasteiger partial charge on any atom is -0.381 e. The SMILES string of the molecule is CNC(Cc1ccc(F)cc1)C1CCOC1. The lowest BCUT2D eigenvalue weighted by Crippen LogP contribution is -2.35. The molecule has 1 aliphatic heterocycles. The summed E-state index contributed by atoms with van der Waals surface area (Å²) in [5.74, 6) is 0.406. The van der Waals surface area contributed by atoms with Crippen molar-refractivity contribution in [3.63, 3.8) is 0 Å². The van der Waals surface area contributed by atoms with Crippen LogP contribution < -0.4 is 5.32 Å². The summed E-state index contributed by atoms with van der Waals surface area (Å²) in [6, 6.07) is 7.18. The van der Waals surface area contributed by atoms with Gasteiger partial charge in [-0.2, -0.15) is 0 Å². The van der Waals surface area contributed by atoms with E-state index in [-0.39, 0.29) is 5.82 Å². The Bertz CT molecular complexity index is 319. The molecule has 3 heteroatoms. The van der Waals surface area contributed by atoms with E-state index in [4.69, 9.17) is 4.74 Å². The maximum atomic E-state index is 12.8. The van der Waals surface area contributed by atoms with Crippen molar-refractivity contribution in [2.45, 2.75) is 18.9 Å². The first kappa shape index (κ1) is 11.6. The molecule has 1 aliphatic rings. The summed E-state index contributed by atoms with van der Waals surface area (Å²) in [6.45, 7) is 1.71. The van der Waals surface area contributed by atoms with Crippen LogP contribution in [0, 0.1) is 11.7 Å². The van der Waals surface area contributed by atoms with Crippen LogP contribution in [-0.4, -0.2) is 26.3 Å². The second-order valence-corrected chi connectivity index (χ2v) is 4.35. The fraction of sp³-hybridized carbons (Fsp3) is 0.538. The van der Waals surface area contributed by atoms with Gasteiger partial charge in [0.25, 0.3) is 0 Å². The lowest BCUT2D eigenvalue weighted by atomic mass is 9.93. The average Bonchev–Trinajstić information content (AvgIpc) is 2.82. The summed E-state index contributed by atoms with van der Waals surface area (Å²) >= 11 is 0. The predicted molar refractivity (Wildman–Crippen MR) is 61.9 cm³/mol. The summed E-state index contributed by atoms with van der Waals surface area (Å²) in [4.78, 5) is 0. The highest BCUT2D eigenvalue weighted by Gasteiger charge is 2.24. The van der Waals surface area contributed by atoms with Crippen LogP contribution in [-0.2, 0) is 11.2 Å². The summed E-state index contributed by atoms with van der Waals surface area (Å²) in [5.41, 5.74) is 1.17. The van der Waals surface area contributed by atoms with Gasteiger partial charge >= 0.3 is 0 Å². The molecule has 2 rings (SSSR count). The summed E-state index contributed by atoms with van der Waals surface area (Å²) in [6.07, 6.45) is 2.05. The molecule has 2 unspecified atom stereocenters. The fourth-order valence-corrected chi connectivity index (χ4v) is 2.25. The molecule has 88 valence electrons. The monoisotopic (exact) mass is 223 g/mol. The Morgan fingerprint density at radius 1 is 1.44 bits per heavy atom. The van der Waals surface area contributed by atoms with Crippen LogP contribution in [0.5, 0.6) is 0 Å². The van der Waals surface area contributed by atoms with Gasteiger partial charge in [0.2, 0.25) is 0 Å². The molecule has 0 bridgehead atoms. The van der Waals surface area contributed by atoms with E-state index in [1.54, 1.807) is 0 Å². The van der Waals surface area contributed by atoms with Gasteiger partial charge in [-0.15, -0.1) is 0 Å². The van der Waals surface area contributed by atoms with Crippen molar-refractivity contribution in [1.29, 1.82) is 0 Å². The molecule has 1 aromatic carbocycles. The lowest BCUT2D eigenvalue weighted by Gasteiger charge is -2.21. The first-order valence-corrected chi connectivity index (χ1v) is 5.79. The second-order valence-electron chi connectivity index (χ2n) is 4.35. The zero-order chi connectivity index (χ0) is 11.4. The molecule has 1 fully saturated rings. The molecular formula is C13H18FNO. The Labute approximate surface area is 95.8 Å². The number of likely N-dealkylation sites (N-methyl/N-ethyl adjacent to an activating group) is 1.